The molecule has 1 rings (SSSR count). The molecule has 4 nitrogen and oxygen atoms in total. The molecule has 1 aromatic heterocycles. The van der Waals surface area contributed by atoms with E-state index in [1.807, 2.05) is 6.92 Å². The highest BCUT2D eigenvalue weighted by Crippen LogP contribution is 2.15. The van der Waals surface area contributed by atoms with E-state index in [0.717, 1.165) is 18.8 Å². The molecule has 0 fully saturated rings. The van der Waals surface area contributed by atoms with E-state index in [4.69, 9.17) is 11.6 Å². The Morgan fingerprint density at radius 3 is 2.62 bits per heavy atom. The Bertz CT molecular complexity index is 256. The summed E-state index contributed by atoms with van der Waals surface area (Å²) in [5.41, 5.74) is 0. The van der Waals surface area contributed by atoms with Crippen molar-refractivity contribution in [3.8, 4) is 0 Å². The molecule has 1 heterocycles. The van der Waals surface area contributed by atoms with Gasteiger partial charge in [-0.15, -0.1) is 16.7 Å². The Labute approximate surface area is 83.3 Å². The second-order valence-electron chi connectivity index (χ2n) is 3.56. The molecule has 0 N–H and O–H groups in total. The molecule has 0 aromatic carbocycles. The SMILES string of the molecule is CC(C)CCn1nnnc1C(C)Cl. The summed E-state index contributed by atoms with van der Waals surface area (Å²) in [6, 6.07) is 0. The van der Waals surface area contributed by atoms with E-state index in [-0.39, 0.29) is 5.38 Å². The maximum absolute atomic E-state index is 5.90. The van der Waals surface area contributed by atoms with E-state index in [1.165, 1.54) is 0 Å². The zero-order valence-corrected chi connectivity index (χ0v) is 8.99. The van der Waals surface area contributed by atoms with Crippen molar-refractivity contribution in [1.29, 1.82) is 0 Å². The van der Waals surface area contributed by atoms with Gasteiger partial charge in [0.1, 0.15) is 0 Å². The molecule has 0 aliphatic rings. The number of aromatic nitrogens is 4. The van der Waals surface area contributed by atoms with Crippen molar-refractivity contribution in [2.45, 2.75) is 39.1 Å². The summed E-state index contributed by atoms with van der Waals surface area (Å²) in [6.45, 7) is 7.07. The number of tetrazole rings is 1. The first-order valence-corrected chi connectivity index (χ1v) is 4.95. The standard InChI is InChI=1S/C8H15ClN4/c1-6(2)4-5-13-8(7(3)9)10-11-12-13/h6-7H,4-5H2,1-3H3. The normalized spacial score (nSPS) is 13.6. The van der Waals surface area contributed by atoms with Gasteiger partial charge in [-0.25, -0.2) is 4.68 Å². The van der Waals surface area contributed by atoms with Crippen LogP contribution in [0.1, 0.15) is 38.4 Å². The quantitative estimate of drug-likeness (QED) is 0.702. The summed E-state index contributed by atoms with van der Waals surface area (Å²) < 4.78 is 1.78. The number of halogens is 1. The zero-order chi connectivity index (χ0) is 9.84. The maximum Gasteiger partial charge on any atom is 0.168 e. The monoisotopic (exact) mass is 202 g/mol. The minimum absolute atomic E-state index is 0.123. The van der Waals surface area contributed by atoms with E-state index in [0.29, 0.717) is 5.92 Å². The molecule has 0 aliphatic carbocycles. The van der Waals surface area contributed by atoms with Crippen LogP contribution in [0.25, 0.3) is 0 Å². The van der Waals surface area contributed by atoms with E-state index >= 15 is 0 Å². The van der Waals surface area contributed by atoms with E-state index < -0.39 is 0 Å². The third-order valence-corrected chi connectivity index (χ3v) is 2.03. The number of rotatable bonds is 4. The Kier molecular flexibility index (Phi) is 3.66. The zero-order valence-electron chi connectivity index (χ0n) is 8.24. The second kappa shape index (κ2) is 4.56. The molecule has 13 heavy (non-hydrogen) atoms. The molecule has 5 heteroatoms. The van der Waals surface area contributed by atoms with Crippen LogP contribution in [0.4, 0.5) is 0 Å². The predicted molar refractivity (Wildman–Crippen MR) is 51.5 cm³/mol. The average molecular weight is 203 g/mol. The predicted octanol–water partition coefficient (Wildman–Crippen LogP) is 2.02. The summed E-state index contributed by atoms with van der Waals surface area (Å²) in [5.74, 6) is 1.41. The fraction of sp³-hybridized carbons (Fsp3) is 0.875. The van der Waals surface area contributed by atoms with Crippen molar-refractivity contribution in [3.63, 3.8) is 0 Å². The summed E-state index contributed by atoms with van der Waals surface area (Å²) in [6.07, 6.45) is 1.07. The minimum Gasteiger partial charge on any atom is -0.228 e. The van der Waals surface area contributed by atoms with Gasteiger partial charge in [0, 0.05) is 6.54 Å². The van der Waals surface area contributed by atoms with Gasteiger partial charge in [-0.2, -0.15) is 0 Å². The highest BCUT2D eigenvalue weighted by molar-refractivity contribution is 6.20. The van der Waals surface area contributed by atoms with Gasteiger partial charge < -0.3 is 0 Å². The Morgan fingerprint density at radius 1 is 1.38 bits per heavy atom. The fourth-order valence-electron chi connectivity index (χ4n) is 1.04. The van der Waals surface area contributed by atoms with Crippen molar-refractivity contribution in [2.75, 3.05) is 0 Å². The Hall–Kier alpha value is -0.640. The largest absolute Gasteiger partial charge is 0.228 e. The van der Waals surface area contributed by atoms with Crippen molar-refractivity contribution >= 4 is 11.6 Å². The highest BCUT2D eigenvalue weighted by Gasteiger charge is 2.11. The lowest BCUT2D eigenvalue weighted by Gasteiger charge is -2.07. The van der Waals surface area contributed by atoms with Gasteiger partial charge in [0.15, 0.2) is 5.82 Å². The molecule has 1 unspecified atom stereocenters. The van der Waals surface area contributed by atoms with Crippen LogP contribution in [0.5, 0.6) is 0 Å². The van der Waals surface area contributed by atoms with Gasteiger partial charge >= 0.3 is 0 Å². The number of aryl methyl sites for hydroxylation is 1. The molecular weight excluding hydrogens is 188 g/mol. The summed E-state index contributed by atoms with van der Waals surface area (Å²) >= 11 is 5.90. The second-order valence-corrected chi connectivity index (χ2v) is 4.21. The molecule has 74 valence electrons. The Morgan fingerprint density at radius 2 is 2.08 bits per heavy atom. The molecule has 0 amide bonds. The van der Waals surface area contributed by atoms with Crippen LogP contribution in [-0.4, -0.2) is 20.2 Å². The molecule has 0 saturated carbocycles. The number of alkyl halides is 1. The van der Waals surface area contributed by atoms with Crippen LogP contribution in [-0.2, 0) is 6.54 Å². The molecule has 0 radical (unpaired) electrons. The summed E-state index contributed by atoms with van der Waals surface area (Å²) in [7, 11) is 0. The van der Waals surface area contributed by atoms with E-state index in [1.54, 1.807) is 4.68 Å². The smallest absolute Gasteiger partial charge is 0.168 e. The van der Waals surface area contributed by atoms with E-state index in [9.17, 15) is 0 Å². The molecule has 1 atom stereocenters. The van der Waals surface area contributed by atoms with Gasteiger partial charge in [-0.3, -0.25) is 0 Å². The van der Waals surface area contributed by atoms with E-state index in [2.05, 4.69) is 29.4 Å². The third kappa shape index (κ3) is 2.95. The summed E-state index contributed by atoms with van der Waals surface area (Å²) in [4.78, 5) is 0. The van der Waals surface area contributed by atoms with Gasteiger partial charge in [-0.1, -0.05) is 13.8 Å². The third-order valence-electron chi connectivity index (χ3n) is 1.83. The van der Waals surface area contributed by atoms with Crippen molar-refractivity contribution < 1.29 is 0 Å². The number of hydrogen-bond acceptors (Lipinski definition) is 3. The van der Waals surface area contributed by atoms with Crippen molar-refractivity contribution in [1.82, 2.24) is 20.2 Å². The van der Waals surface area contributed by atoms with Gasteiger partial charge in [0.2, 0.25) is 0 Å². The minimum atomic E-state index is -0.123. The van der Waals surface area contributed by atoms with Crippen LogP contribution in [0.2, 0.25) is 0 Å². The molecule has 1 aromatic rings. The molecule has 0 aliphatic heterocycles. The van der Waals surface area contributed by atoms with Gasteiger partial charge in [-0.05, 0) is 29.7 Å². The van der Waals surface area contributed by atoms with Crippen LogP contribution in [0.15, 0.2) is 0 Å². The number of nitrogens with zero attached hydrogens (tertiary/aromatic N) is 4. The first-order valence-electron chi connectivity index (χ1n) is 4.51. The number of hydrogen-bond donors (Lipinski definition) is 0. The highest BCUT2D eigenvalue weighted by atomic mass is 35.5. The van der Waals surface area contributed by atoms with Crippen LogP contribution < -0.4 is 0 Å². The lowest BCUT2D eigenvalue weighted by Crippen LogP contribution is -2.08. The lowest BCUT2D eigenvalue weighted by atomic mass is 10.1. The first kappa shape index (κ1) is 10.4. The van der Waals surface area contributed by atoms with Crippen LogP contribution >= 0.6 is 11.6 Å². The van der Waals surface area contributed by atoms with Crippen molar-refractivity contribution in [2.24, 2.45) is 5.92 Å². The first-order chi connectivity index (χ1) is 6.11. The van der Waals surface area contributed by atoms with Crippen LogP contribution in [0.3, 0.4) is 0 Å². The lowest BCUT2D eigenvalue weighted by molar-refractivity contribution is 0.467. The topological polar surface area (TPSA) is 43.6 Å². The summed E-state index contributed by atoms with van der Waals surface area (Å²) in [5, 5.41) is 11.2. The fourth-order valence-corrected chi connectivity index (χ4v) is 1.19. The average Bonchev–Trinajstić information content (AvgIpc) is 2.47. The van der Waals surface area contributed by atoms with Gasteiger partial charge in [0.25, 0.3) is 0 Å². The van der Waals surface area contributed by atoms with Crippen molar-refractivity contribution in [3.05, 3.63) is 5.82 Å². The van der Waals surface area contributed by atoms with Gasteiger partial charge in [0.05, 0.1) is 5.38 Å². The molecule has 0 bridgehead atoms. The molecule has 0 saturated heterocycles. The molecular formula is C8H15ClN4. The molecule has 0 spiro atoms. The maximum atomic E-state index is 5.90. The Balaban J connectivity index is 2.60. The van der Waals surface area contributed by atoms with Crippen LogP contribution in [0, 0.1) is 5.92 Å².